The van der Waals surface area contributed by atoms with Crippen molar-refractivity contribution in [2.24, 2.45) is 10.7 Å². The molecule has 5 heteroatoms. The minimum atomic E-state index is -0.509. The van der Waals surface area contributed by atoms with Crippen LogP contribution in [-0.4, -0.2) is 23.3 Å². The van der Waals surface area contributed by atoms with E-state index < -0.39 is 5.54 Å². The Kier molecular flexibility index (Phi) is 2.48. The Labute approximate surface area is 114 Å². The van der Waals surface area contributed by atoms with Gasteiger partial charge >= 0.3 is 6.03 Å². The highest BCUT2D eigenvalue weighted by atomic mass is 79.9. The van der Waals surface area contributed by atoms with Gasteiger partial charge < -0.3 is 10.6 Å². The van der Waals surface area contributed by atoms with Crippen molar-refractivity contribution >= 4 is 27.8 Å². The second-order valence-corrected chi connectivity index (χ2v) is 5.50. The lowest BCUT2D eigenvalue weighted by atomic mass is 9.89. The summed E-state index contributed by atoms with van der Waals surface area (Å²) in [7, 11) is 0. The maximum Gasteiger partial charge on any atom is 0.346 e. The molecule has 0 bridgehead atoms. The van der Waals surface area contributed by atoms with Gasteiger partial charge in [0.1, 0.15) is 11.4 Å². The van der Waals surface area contributed by atoms with Gasteiger partial charge in [0.15, 0.2) is 0 Å². The van der Waals surface area contributed by atoms with Crippen LogP contribution in [0.3, 0.4) is 0 Å². The highest BCUT2D eigenvalue weighted by Crippen LogP contribution is 2.46. The SMILES string of the molecule is CCN1C(=O)N=C(N)C12CCc1c(Br)cccc12. The van der Waals surface area contributed by atoms with E-state index in [-0.39, 0.29) is 6.03 Å². The summed E-state index contributed by atoms with van der Waals surface area (Å²) >= 11 is 3.57. The van der Waals surface area contributed by atoms with E-state index in [1.54, 1.807) is 4.90 Å². The number of amides is 2. The molecule has 0 aromatic heterocycles. The Balaban J connectivity index is 2.23. The maximum atomic E-state index is 11.9. The molecule has 1 unspecified atom stereocenters. The summed E-state index contributed by atoms with van der Waals surface area (Å²) < 4.78 is 1.08. The van der Waals surface area contributed by atoms with E-state index in [4.69, 9.17) is 5.73 Å². The fraction of sp³-hybridized carbons (Fsp3) is 0.385. The molecule has 2 amide bonds. The van der Waals surface area contributed by atoms with Crippen LogP contribution in [0.1, 0.15) is 24.5 Å². The molecule has 0 saturated heterocycles. The number of urea groups is 1. The number of carbonyl (C=O) groups is 1. The van der Waals surface area contributed by atoms with Gasteiger partial charge in [0, 0.05) is 11.0 Å². The smallest absolute Gasteiger partial charge is 0.346 e. The first-order valence-corrected chi connectivity index (χ1v) is 6.84. The molecule has 0 radical (unpaired) electrons. The molecular weight excluding hydrogens is 294 g/mol. The number of hydrogen-bond acceptors (Lipinski definition) is 2. The quantitative estimate of drug-likeness (QED) is 0.866. The first-order valence-electron chi connectivity index (χ1n) is 6.05. The second-order valence-electron chi connectivity index (χ2n) is 4.65. The van der Waals surface area contributed by atoms with Gasteiger partial charge in [-0.15, -0.1) is 0 Å². The van der Waals surface area contributed by atoms with Crippen LogP contribution in [0.25, 0.3) is 0 Å². The van der Waals surface area contributed by atoms with Crippen LogP contribution in [0, 0.1) is 0 Å². The van der Waals surface area contributed by atoms with Crippen LogP contribution in [-0.2, 0) is 12.0 Å². The van der Waals surface area contributed by atoms with Gasteiger partial charge in [0.05, 0.1) is 0 Å². The Morgan fingerprint density at radius 2 is 2.33 bits per heavy atom. The molecule has 1 aromatic rings. The van der Waals surface area contributed by atoms with Gasteiger partial charge in [0.25, 0.3) is 0 Å². The third-order valence-corrected chi connectivity index (χ3v) is 4.69. The number of fused-ring (bicyclic) bond motifs is 2. The monoisotopic (exact) mass is 307 g/mol. The van der Waals surface area contributed by atoms with Crippen molar-refractivity contribution in [1.82, 2.24) is 4.90 Å². The summed E-state index contributed by atoms with van der Waals surface area (Å²) in [6.45, 7) is 2.58. The average Bonchev–Trinajstić information content (AvgIpc) is 2.82. The summed E-state index contributed by atoms with van der Waals surface area (Å²) in [6, 6.07) is 5.84. The molecule has 1 aliphatic heterocycles. The van der Waals surface area contributed by atoms with Crippen LogP contribution < -0.4 is 5.73 Å². The molecule has 94 valence electrons. The molecule has 1 atom stereocenters. The minimum absolute atomic E-state index is 0.220. The van der Waals surface area contributed by atoms with Crippen LogP contribution >= 0.6 is 15.9 Å². The molecule has 0 fully saturated rings. The molecule has 1 heterocycles. The Bertz CT molecular complexity index is 569. The number of nitrogens with zero attached hydrogens (tertiary/aromatic N) is 2. The highest BCUT2D eigenvalue weighted by Gasteiger charge is 2.52. The lowest BCUT2D eigenvalue weighted by Gasteiger charge is -2.34. The van der Waals surface area contributed by atoms with Crippen molar-refractivity contribution in [1.29, 1.82) is 0 Å². The maximum absolute atomic E-state index is 11.9. The fourth-order valence-corrected chi connectivity index (χ4v) is 3.71. The van der Waals surface area contributed by atoms with E-state index in [2.05, 4.69) is 27.0 Å². The van der Waals surface area contributed by atoms with Crippen molar-refractivity contribution in [3.05, 3.63) is 33.8 Å². The topological polar surface area (TPSA) is 58.7 Å². The molecule has 0 saturated carbocycles. The molecule has 1 spiro atoms. The fourth-order valence-electron chi connectivity index (χ4n) is 3.15. The van der Waals surface area contributed by atoms with Crippen molar-refractivity contribution in [3.8, 4) is 0 Å². The second kappa shape index (κ2) is 3.82. The normalized spacial score (nSPS) is 25.8. The summed E-state index contributed by atoms with van der Waals surface area (Å²) in [4.78, 5) is 17.7. The van der Waals surface area contributed by atoms with Crippen LogP contribution in [0.5, 0.6) is 0 Å². The number of aliphatic imine (C=N–C) groups is 1. The zero-order valence-electron chi connectivity index (χ0n) is 10.1. The molecular formula is C13H14BrN3O. The summed E-state index contributed by atoms with van der Waals surface area (Å²) in [5, 5.41) is 0. The number of likely N-dealkylation sites (N-methyl/N-ethyl adjacent to an activating group) is 1. The highest BCUT2D eigenvalue weighted by molar-refractivity contribution is 9.10. The van der Waals surface area contributed by atoms with Crippen LogP contribution in [0.4, 0.5) is 4.79 Å². The zero-order valence-corrected chi connectivity index (χ0v) is 11.7. The number of benzene rings is 1. The molecule has 1 aliphatic carbocycles. The zero-order chi connectivity index (χ0) is 12.9. The van der Waals surface area contributed by atoms with Gasteiger partial charge in [-0.1, -0.05) is 28.1 Å². The van der Waals surface area contributed by atoms with Gasteiger partial charge in [0.2, 0.25) is 0 Å². The largest absolute Gasteiger partial charge is 0.385 e. The van der Waals surface area contributed by atoms with E-state index in [1.165, 1.54) is 5.56 Å². The van der Waals surface area contributed by atoms with Crippen molar-refractivity contribution in [3.63, 3.8) is 0 Å². The van der Waals surface area contributed by atoms with E-state index >= 15 is 0 Å². The average molecular weight is 308 g/mol. The number of carbonyl (C=O) groups excluding carboxylic acids is 1. The number of halogens is 1. The first-order chi connectivity index (χ1) is 8.61. The predicted molar refractivity (Wildman–Crippen MR) is 73.5 cm³/mol. The number of rotatable bonds is 1. The van der Waals surface area contributed by atoms with Crippen molar-refractivity contribution < 1.29 is 4.79 Å². The minimum Gasteiger partial charge on any atom is -0.385 e. The molecule has 4 nitrogen and oxygen atoms in total. The van der Waals surface area contributed by atoms with Crippen LogP contribution in [0.2, 0.25) is 0 Å². The number of hydrogen-bond donors (Lipinski definition) is 1. The lowest BCUT2D eigenvalue weighted by Crippen LogP contribution is -2.49. The molecule has 18 heavy (non-hydrogen) atoms. The molecule has 2 aliphatic rings. The molecule has 1 aromatic carbocycles. The van der Waals surface area contributed by atoms with E-state index in [1.807, 2.05) is 19.1 Å². The summed E-state index contributed by atoms with van der Waals surface area (Å²) in [5.74, 6) is 0.436. The van der Waals surface area contributed by atoms with Crippen LogP contribution in [0.15, 0.2) is 27.7 Å². The van der Waals surface area contributed by atoms with Crippen molar-refractivity contribution in [2.45, 2.75) is 25.3 Å². The van der Waals surface area contributed by atoms with Gasteiger partial charge in [-0.05, 0) is 37.0 Å². The summed E-state index contributed by atoms with van der Waals surface area (Å²) in [6.07, 6.45) is 1.73. The standard InChI is InChI=1S/C13H14BrN3O/c1-2-17-12(18)16-11(15)13(17)7-6-8-9(13)4-3-5-10(8)14/h3-5H,2,6-7H2,1H3,(H2,15,16,18). The Hall–Kier alpha value is -1.36. The summed E-state index contributed by atoms with van der Waals surface area (Å²) in [5.41, 5.74) is 7.92. The Morgan fingerprint density at radius 3 is 3.06 bits per heavy atom. The number of amidine groups is 1. The lowest BCUT2D eigenvalue weighted by molar-refractivity contribution is 0.175. The van der Waals surface area contributed by atoms with E-state index in [0.717, 1.165) is 22.9 Å². The third kappa shape index (κ3) is 1.25. The van der Waals surface area contributed by atoms with Gasteiger partial charge in [-0.3, -0.25) is 0 Å². The van der Waals surface area contributed by atoms with E-state index in [9.17, 15) is 4.79 Å². The van der Waals surface area contributed by atoms with E-state index in [0.29, 0.717) is 12.4 Å². The third-order valence-electron chi connectivity index (χ3n) is 3.95. The molecule has 2 N–H and O–H groups in total. The predicted octanol–water partition coefficient (Wildman–Crippen LogP) is 2.40. The first kappa shape index (κ1) is 11.7. The number of nitrogens with two attached hydrogens (primary N) is 1. The van der Waals surface area contributed by atoms with Crippen molar-refractivity contribution in [2.75, 3.05) is 6.54 Å². The van der Waals surface area contributed by atoms with Gasteiger partial charge in [-0.25, -0.2) is 4.79 Å². The molecule has 3 rings (SSSR count). The van der Waals surface area contributed by atoms with Gasteiger partial charge in [-0.2, -0.15) is 4.99 Å². The Morgan fingerprint density at radius 1 is 1.56 bits per heavy atom.